The van der Waals surface area contributed by atoms with Crippen LogP contribution >= 0.6 is 0 Å². The summed E-state index contributed by atoms with van der Waals surface area (Å²) in [5.41, 5.74) is 2.13. The average Bonchev–Trinajstić information content (AvgIpc) is 2.90. The lowest BCUT2D eigenvalue weighted by atomic mass is 10.0. The smallest absolute Gasteiger partial charge is 0.225 e. The number of hydrogen-bond donors (Lipinski definition) is 2. The van der Waals surface area contributed by atoms with Crippen molar-refractivity contribution in [3.8, 4) is 0 Å². The third-order valence-corrected chi connectivity index (χ3v) is 3.47. The Morgan fingerprint density at radius 1 is 1.19 bits per heavy atom. The first kappa shape index (κ1) is 13.4. The van der Waals surface area contributed by atoms with Gasteiger partial charge in [-0.15, -0.1) is 0 Å². The van der Waals surface area contributed by atoms with Crippen LogP contribution in [0.4, 0.5) is 5.82 Å². The van der Waals surface area contributed by atoms with Crippen LogP contribution in [-0.4, -0.2) is 16.1 Å². The first-order chi connectivity index (χ1) is 10.2. The molecule has 0 saturated heterocycles. The molecule has 0 aliphatic carbocycles. The predicted octanol–water partition coefficient (Wildman–Crippen LogP) is 3.44. The van der Waals surface area contributed by atoms with Crippen LogP contribution in [0.5, 0.6) is 0 Å². The van der Waals surface area contributed by atoms with Gasteiger partial charge in [0.15, 0.2) is 5.82 Å². The molecule has 21 heavy (non-hydrogen) atoms. The minimum atomic E-state index is -0.0190. The Kier molecular flexibility index (Phi) is 3.69. The van der Waals surface area contributed by atoms with E-state index in [0.29, 0.717) is 12.2 Å². The number of hydrogen-bond acceptors (Lipinski definition) is 2. The molecular weight excluding hydrogens is 262 g/mol. The van der Waals surface area contributed by atoms with Crippen molar-refractivity contribution in [2.45, 2.75) is 19.8 Å². The van der Waals surface area contributed by atoms with Gasteiger partial charge in [-0.25, -0.2) is 0 Å². The number of carbonyl (C=O) groups is 1. The average molecular weight is 279 g/mol. The largest absolute Gasteiger partial charge is 0.309 e. The maximum atomic E-state index is 12.0. The molecule has 3 rings (SSSR count). The number of nitrogens with one attached hydrogen (secondary N) is 2. The van der Waals surface area contributed by atoms with Crippen molar-refractivity contribution in [2.24, 2.45) is 0 Å². The topological polar surface area (TPSA) is 57.8 Å². The van der Waals surface area contributed by atoms with Crippen LogP contribution in [0.25, 0.3) is 10.8 Å². The second-order valence-corrected chi connectivity index (χ2v) is 5.12. The lowest BCUT2D eigenvalue weighted by molar-refractivity contribution is -0.116. The summed E-state index contributed by atoms with van der Waals surface area (Å²) >= 11 is 0. The minimum Gasteiger partial charge on any atom is -0.309 e. The monoisotopic (exact) mass is 279 g/mol. The number of anilines is 1. The fourth-order valence-corrected chi connectivity index (χ4v) is 2.45. The van der Waals surface area contributed by atoms with Crippen molar-refractivity contribution in [3.05, 3.63) is 59.8 Å². The summed E-state index contributed by atoms with van der Waals surface area (Å²) in [5.74, 6) is 0.560. The quantitative estimate of drug-likeness (QED) is 0.768. The molecule has 0 saturated carbocycles. The molecule has 0 fully saturated rings. The third kappa shape index (κ3) is 3.11. The summed E-state index contributed by atoms with van der Waals surface area (Å²) in [5, 5.41) is 12.0. The maximum absolute atomic E-state index is 12.0. The first-order valence-corrected chi connectivity index (χ1v) is 7.01. The van der Waals surface area contributed by atoms with Crippen molar-refractivity contribution in [2.75, 3.05) is 5.32 Å². The molecular formula is C17H17N3O. The van der Waals surface area contributed by atoms with Gasteiger partial charge in [-0.1, -0.05) is 42.5 Å². The molecule has 1 aromatic heterocycles. The second kappa shape index (κ2) is 5.79. The summed E-state index contributed by atoms with van der Waals surface area (Å²) < 4.78 is 0. The molecule has 106 valence electrons. The van der Waals surface area contributed by atoms with Gasteiger partial charge in [0.2, 0.25) is 5.91 Å². The molecule has 0 radical (unpaired) electrons. The van der Waals surface area contributed by atoms with E-state index in [4.69, 9.17) is 0 Å². The van der Waals surface area contributed by atoms with Crippen molar-refractivity contribution < 1.29 is 4.79 Å². The standard InChI is InChI=1S/C17H17N3O/c1-12-11-16(20-19-12)18-17(21)10-9-14-7-4-6-13-5-2-3-8-15(13)14/h2-8,11H,9-10H2,1H3,(H2,18,19,20,21). The number of benzene rings is 2. The van der Waals surface area contributed by atoms with E-state index in [2.05, 4.69) is 39.8 Å². The summed E-state index contributed by atoms with van der Waals surface area (Å²) in [6.07, 6.45) is 1.16. The molecule has 0 spiro atoms. The van der Waals surface area contributed by atoms with Gasteiger partial charge in [-0.2, -0.15) is 5.10 Å². The Bertz CT molecular complexity index is 771. The van der Waals surface area contributed by atoms with E-state index >= 15 is 0 Å². The summed E-state index contributed by atoms with van der Waals surface area (Å²) in [6.45, 7) is 1.90. The molecule has 1 amide bonds. The van der Waals surface area contributed by atoms with Gasteiger partial charge in [-0.3, -0.25) is 9.89 Å². The zero-order valence-electron chi connectivity index (χ0n) is 11.9. The van der Waals surface area contributed by atoms with Crippen LogP contribution in [0.1, 0.15) is 17.7 Å². The van der Waals surface area contributed by atoms with E-state index in [-0.39, 0.29) is 5.91 Å². The van der Waals surface area contributed by atoms with Crippen molar-refractivity contribution >= 4 is 22.5 Å². The number of nitrogens with zero attached hydrogens (tertiary/aromatic N) is 1. The first-order valence-electron chi connectivity index (χ1n) is 7.01. The lowest BCUT2D eigenvalue weighted by Crippen LogP contribution is -2.12. The number of carbonyl (C=O) groups excluding carboxylic acids is 1. The van der Waals surface area contributed by atoms with Crippen molar-refractivity contribution in [3.63, 3.8) is 0 Å². The van der Waals surface area contributed by atoms with Crippen LogP contribution in [0.2, 0.25) is 0 Å². The van der Waals surface area contributed by atoms with Gasteiger partial charge in [-0.05, 0) is 29.7 Å². The highest BCUT2D eigenvalue weighted by Gasteiger charge is 2.07. The molecule has 0 aliphatic rings. The Balaban J connectivity index is 1.67. The van der Waals surface area contributed by atoms with E-state index in [1.807, 2.05) is 31.2 Å². The molecule has 4 nitrogen and oxygen atoms in total. The number of rotatable bonds is 4. The molecule has 3 aromatic rings. The highest BCUT2D eigenvalue weighted by atomic mass is 16.1. The van der Waals surface area contributed by atoms with Crippen molar-refractivity contribution in [1.29, 1.82) is 0 Å². The fourth-order valence-electron chi connectivity index (χ4n) is 2.45. The number of fused-ring (bicyclic) bond motifs is 1. The zero-order valence-corrected chi connectivity index (χ0v) is 11.9. The Morgan fingerprint density at radius 2 is 2.00 bits per heavy atom. The molecule has 2 aromatic carbocycles. The van der Waals surface area contributed by atoms with E-state index in [9.17, 15) is 4.79 Å². The van der Waals surface area contributed by atoms with Crippen LogP contribution in [0.3, 0.4) is 0 Å². The van der Waals surface area contributed by atoms with Crippen LogP contribution in [0, 0.1) is 6.92 Å². The van der Waals surface area contributed by atoms with Gasteiger partial charge in [0.05, 0.1) is 0 Å². The van der Waals surface area contributed by atoms with Crippen molar-refractivity contribution in [1.82, 2.24) is 10.2 Å². The summed E-state index contributed by atoms with van der Waals surface area (Å²) in [4.78, 5) is 12.0. The normalized spacial score (nSPS) is 10.7. The second-order valence-electron chi connectivity index (χ2n) is 5.12. The number of aromatic amines is 1. The van der Waals surface area contributed by atoms with Gasteiger partial charge in [0.1, 0.15) is 0 Å². The molecule has 0 atom stereocenters. The predicted molar refractivity (Wildman–Crippen MR) is 84.2 cm³/mol. The lowest BCUT2D eigenvalue weighted by Gasteiger charge is -2.06. The van der Waals surface area contributed by atoms with E-state index < -0.39 is 0 Å². The van der Waals surface area contributed by atoms with Gasteiger partial charge in [0.25, 0.3) is 0 Å². The molecule has 0 unspecified atom stereocenters. The van der Waals surface area contributed by atoms with E-state index in [1.54, 1.807) is 0 Å². The molecule has 0 bridgehead atoms. The van der Waals surface area contributed by atoms with Crippen LogP contribution in [0.15, 0.2) is 48.5 Å². The van der Waals surface area contributed by atoms with Gasteiger partial charge < -0.3 is 5.32 Å². The number of H-pyrrole nitrogens is 1. The molecule has 2 N–H and O–H groups in total. The number of amides is 1. The van der Waals surface area contributed by atoms with E-state index in [0.717, 1.165) is 12.1 Å². The van der Waals surface area contributed by atoms with Crippen LogP contribution < -0.4 is 5.32 Å². The Hall–Kier alpha value is -2.62. The fraction of sp³-hybridized carbons (Fsp3) is 0.176. The van der Waals surface area contributed by atoms with E-state index in [1.165, 1.54) is 16.3 Å². The van der Waals surface area contributed by atoms with Crippen LogP contribution in [-0.2, 0) is 11.2 Å². The number of aromatic nitrogens is 2. The Morgan fingerprint density at radius 3 is 2.81 bits per heavy atom. The van der Waals surface area contributed by atoms with Gasteiger partial charge >= 0.3 is 0 Å². The molecule has 0 aliphatic heterocycles. The summed E-state index contributed by atoms with van der Waals surface area (Å²) in [7, 11) is 0. The molecule has 4 heteroatoms. The maximum Gasteiger partial charge on any atom is 0.225 e. The summed E-state index contributed by atoms with van der Waals surface area (Å²) in [6, 6.07) is 16.3. The number of aryl methyl sites for hydroxylation is 2. The SMILES string of the molecule is Cc1cc(NC(=O)CCc2cccc3ccccc23)n[nH]1. The third-order valence-electron chi connectivity index (χ3n) is 3.47. The minimum absolute atomic E-state index is 0.0190. The zero-order chi connectivity index (χ0) is 14.7. The highest BCUT2D eigenvalue weighted by Crippen LogP contribution is 2.19. The highest BCUT2D eigenvalue weighted by molar-refractivity contribution is 5.91. The Labute approximate surface area is 123 Å². The van der Waals surface area contributed by atoms with Gasteiger partial charge in [0, 0.05) is 18.2 Å². The molecule has 1 heterocycles.